The molecule has 1 unspecified atom stereocenters. The first-order valence-corrected chi connectivity index (χ1v) is 13.1. The molecule has 0 amide bonds. The maximum atomic E-state index is 15.6. The Morgan fingerprint density at radius 2 is 1.89 bits per heavy atom. The Hall–Kier alpha value is -3.13. The van der Waals surface area contributed by atoms with Crippen molar-refractivity contribution in [3.63, 3.8) is 0 Å². The lowest BCUT2D eigenvalue weighted by atomic mass is 9.86. The average molecular weight is 543 g/mol. The number of carbonyl (C=O) groups excluding carboxylic acids is 2. The number of ketones is 1. The summed E-state index contributed by atoms with van der Waals surface area (Å²) in [6.45, 7) is 6.98. The van der Waals surface area contributed by atoms with E-state index in [0.29, 0.717) is 42.4 Å². The topological polar surface area (TPSA) is 82.3 Å². The quantitative estimate of drug-likeness (QED) is 0.295. The maximum Gasteiger partial charge on any atom is 0.307 e. The van der Waals surface area contributed by atoms with Crippen LogP contribution in [0.5, 0.6) is 0 Å². The second-order valence-corrected chi connectivity index (χ2v) is 11.8. The molecule has 1 atom stereocenters. The molecule has 1 aromatic heterocycles. The highest BCUT2D eigenvalue weighted by atomic mass is 35.5. The highest BCUT2D eigenvalue weighted by Crippen LogP contribution is 2.53. The van der Waals surface area contributed by atoms with Crippen molar-refractivity contribution in [2.24, 2.45) is 5.41 Å². The molecule has 9 heteroatoms. The largest absolute Gasteiger partial charge is 0.460 e. The summed E-state index contributed by atoms with van der Waals surface area (Å²) in [6.07, 6.45) is 2.71. The second kappa shape index (κ2) is 9.56. The van der Waals surface area contributed by atoms with Crippen LogP contribution in [-0.2, 0) is 20.7 Å². The van der Waals surface area contributed by atoms with E-state index in [9.17, 15) is 9.59 Å². The average Bonchev–Trinajstić information content (AvgIpc) is 3.26. The van der Waals surface area contributed by atoms with Crippen LogP contribution >= 0.6 is 11.6 Å². The number of hydrogen-bond donors (Lipinski definition) is 0. The summed E-state index contributed by atoms with van der Waals surface area (Å²) in [4.78, 5) is 29.8. The second-order valence-electron chi connectivity index (χ2n) is 11.4. The van der Waals surface area contributed by atoms with Crippen molar-refractivity contribution in [3.05, 3.63) is 57.9 Å². The van der Waals surface area contributed by atoms with E-state index in [0.717, 1.165) is 11.6 Å². The molecule has 0 radical (unpaired) electrons. The predicted molar refractivity (Wildman–Crippen MR) is 138 cm³/mol. The van der Waals surface area contributed by atoms with E-state index in [2.05, 4.69) is 10.1 Å². The molecule has 3 aromatic rings. The molecule has 2 aliphatic carbocycles. The van der Waals surface area contributed by atoms with E-state index in [4.69, 9.17) is 20.9 Å². The van der Waals surface area contributed by atoms with E-state index in [1.54, 1.807) is 33.8 Å². The number of rotatable bonds is 7. The number of nitrogens with zero attached hydrogens (tertiary/aromatic N) is 2. The first-order valence-electron chi connectivity index (χ1n) is 12.7. The molecule has 0 aliphatic heterocycles. The molecule has 1 heterocycles. The van der Waals surface area contributed by atoms with Gasteiger partial charge in [-0.05, 0) is 92.8 Å². The Kier molecular flexibility index (Phi) is 6.66. The van der Waals surface area contributed by atoms with Crippen LogP contribution in [-0.4, -0.2) is 27.5 Å². The minimum Gasteiger partial charge on any atom is -0.460 e. The smallest absolute Gasteiger partial charge is 0.307 e. The van der Waals surface area contributed by atoms with Gasteiger partial charge in [0.1, 0.15) is 23.0 Å². The van der Waals surface area contributed by atoms with E-state index in [-0.39, 0.29) is 52.8 Å². The van der Waals surface area contributed by atoms with Crippen molar-refractivity contribution in [1.29, 1.82) is 0 Å². The monoisotopic (exact) mass is 542 g/mol. The number of halogens is 3. The van der Waals surface area contributed by atoms with Crippen LogP contribution < -0.4 is 0 Å². The summed E-state index contributed by atoms with van der Waals surface area (Å²) in [5, 5.41) is 4.00. The number of Topliss-reactive ketones (excluding diaryl/α,β-unsaturated/α-hetero) is 1. The zero-order chi connectivity index (χ0) is 27.4. The summed E-state index contributed by atoms with van der Waals surface area (Å²) in [6, 6.07) is 5.87. The molecule has 5 rings (SSSR count). The van der Waals surface area contributed by atoms with Crippen LogP contribution in [0.15, 0.2) is 28.8 Å². The van der Waals surface area contributed by atoms with Gasteiger partial charge in [-0.2, -0.15) is 4.98 Å². The van der Waals surface area contributed by atoms with Crippen LogP contribution in [0.1, 0.15) is 75.8 Å². The maximum absolute atomic E-state index is 15.6. The fourth-order valence-corrected chi connectivity index (χ4v) is 5.61. The van der Waals surface area contributed by atoms with Gasteiger partial charge in [-0.1, -0.05) is 22.8 Å². The zero-order valence-electron chi connectivity index (χ0n) is 21.8. The number of aromatic nitrogens is 2. The standard InChI is InChI=1S/C29H29ClF2N2O4/c1-15-33-27(34-38-15)26-20(12-19(30)13-22(26)32)18-9-16-5-6-17(25(16)21(31)10-18)11-23(35)29(7-8-29)14-24(36)37-28(2,3)4/h9-10,12-13,17H,5-8,11,14H2,1-4H3. The van der Waals surface area contributed by atoms with Gasteiger partial charge in [-0.25, -0.2) is 8.78 Å². The lowest BCUT2D eigenvalue weighted by molar-refractivity contribution is -0.157. The third-order valence-electron chi connectivity index (χ3n) is 7.28. The summed E-state index contributed by atoms with van der Waals surface area (Å²) >= 11 is 6.15. The van der Waals surface area contributed by atoms with E-state index < -0.39 is 22.7 Å². The van der Waals surface area contributed by atoms with Crippen molar-refractivity contribution >= 4 is 23.4 Å². The molecule has 1 saturated carbocycles. The van der Waals surface area contributed by atoms with E-state index in [1.807, 2.05) is 6.07 Å². The molecule has 0 bridgehead atoms. The van der Waals surface area contributed by atoms with Crippen molar-refractivity contribution < 1.29 is 27.6 Å². The molecular formula is C29H29ClF2N2O4. The number of aryl methyl sites for hydroxylation is 2. The molecule has 6 nitrogen and oxygen atoms in total. The first-order chi connectivity index (χ1) is 17.8. The van der Waals surface area contributed by atoms with Gasteiger partial charge in [0.15, 0.2) is 0 Å². The van der Waals surface area contributed by atoms with Gasteiger partial charge in [0.2, 0.25) is 11.7 Å². The highest BCUT2D eigenvalue weighted by Gasteiger charge is 2.52. The van der Waals surface area contributed by atoms with Gasteiger partial charge >= 0.3 is 5.97 Å². The Balaban J connectivity index is 1.41. The normalized spacial score (nSPS) is 17.8. The van der Waals surface area contributed by atoms with E-state index in [1.165, 1.54) is 6.07 Å². The molecular weight excluding hydrogens is 514 g/mol. The number of hydrogen-bond acceptors (Lipinski definition) is 6. The number of benzene rings is 2. The molecule has 2 aromatic carbocycles. The van der Waals surface area contributed by atoms with Crippen molar-refractivity contribution in [2.75, 3.05) is 0 Å². The highest BCUT2D eigenvalue weighted by molar-refractivity contribution is 6.31. The number of carbonyl (C=O) groups is 2. The van der Waals surface area contributed by atoms with Crippen molar-refractivity contribution in [1.82, 2.24) is 10.1 Å². The molecule has 2 aliphatic rings. The van der Waals surface area contributed by atoms with Crippen molar-refractivity contribution in [3.8, 4) is 22.5 Å². The molecule has 0 spiro atoms. The Morgan fingerprint density at radius 3 is 2.53 bits per heavy atom. The van der Waals surface area contributed by atoms with Crippen LogP contribution in [0, 0.1) is 24.0 Å². The van der Waals surface area contributed by atoms with Gasteiger partial charge in [0.05, 0.1) is 12.0 Å². The molecule has 1 fully saturated rings. The van der Waals surface area contributed by atoms with Gasteiger partial charge in [-0.3, -0.25) is 9.59 Å². The van der Waals surface area contributed by atoms with Crippen LogP contribution in [0.2, 0.25) is 5.02 Å². The molecule has 0 saturated heterocycles. The van der Waals surface area contributed by atoms with Crippen LogP contribution in [0.25, 0.3) is 22.5 Å². The van der Waals surface area contributed by atoms with Gasteiger partial charge in [-0.15, -0.1) is 0 Å². The lowest BCUT2D eigenvalue weighted by Crippen LogP contribution is -2.28. The van der Waals surface area contributed by atoms with Crippen LogP contribution in [0.4, 0.5) is 8.78 Å². The van der Waals surface area contributed by atoms with Gasteiger partial charge in [0.25, 0.3) is 0 Å². The fourth-order valence-electron chi connectivity index (χ4n) is 5.40. The SMILES string of the molecule is Cc1nc(-c2c(F)cc(Cl)cc2-c2cc(F)c3c(c2)CCC3CC(=O)C2(CC(=O)OC(C)(C)C)CC2)no1. The Morgan fingerprint density at radius 1 is 1.16 bits per heavy atom. The Labute approximate surface area is 224 Å². The van der Waals surface area contributed by atoms with Crippen molar-refractivity contribution in [2.45, 2.75) is 77.7 Å². The number of ether oxygens (including phenoxy) is 1. The summed E-state index contributed by atoms with van der Waals surface area (Å²) in [7, 11) is 0. The Bertz CT molecular complexity index is 1440. The third-order valence-corrected chi connectivity index (χ3v) is 7.50. The summed E-state index contributed by atoms with van der Waals surface area (Å²) in [5.41, 5.74) is 0.836. The molecule has 38 heavy (non-hydrogen) atoms. The predicted octanol–water partition coefficient (Wildman–Crippen LogP) is 7.14. The van der Waals surface area contributed by atoms with Crippen LogP contribution in [0.3, 0.4) is 0 Å². The summed E-state index contributed by atoms with van der Waals surface area (Å²) < 4.78 is 41.1. The van der Waals surface area contributed by atoms with E-state index >= 15 is 8.78 Å². The van der Waals surface area contributed by atoms with Gasteiger partial charge in [0, 0.05) is 23.8 Å². The first kappa shape index (κ1) is 26.5. The third kappa shape index (κ3) is 5.23. The molecule has 0 N–H and O–H groups in total. The van der Waals surface area contributed by atoms with Gasteiger partial charge < -0.3 is 9.26 Å². The number of esters is 1. The molecule has 200 valence electrons. The summed E-state index contributed by atoms with van der Waals surface area (Å²) in [5.74, 6) is -1.46. The minimum atomic E-state index is -0.697. The fraction of sp³-hybridized carbons (Fsp3) is 0.448. The zero-order valence-corrected chi connectivity index (χ0v) is 22.5. The number of fused-ring (bicyclic) bond motifs is 1. The lowest BCUT2D eigenvalue weighted by Gasteiger charge is -2.22. The minimum absolute atomic E-state index is 0.0173.